The summed E-state index contributed by atoms with van der Waals surface area (Å²) in [6.07, 6.45) is 0.159. The minimum absolute atomic E-state index is 0.159. The van der Waals surface area contributed by atoms with E-state index < -0.39 is 6.04 Å². The minimum Gasteiger partial charge on any atom is -0.324 e. The molecule has 1 aromatic rings. The molecule has 1 atom stereocenters. The van der Waals surface area contributed by atoms with Gasteiger partial charge in [-0.1, -0.05) is 12.1 Å². The molecule has 5 heteroatoms. The van der Waals surface area contributed by atoms with E-state index in [1.807, 2.05) is 0 Å². The highest BCUT2D eigenvalue weighted by Gasteiger charge is 2.12. The number of aryl methyl sites for hydroxylation is 1. The molecule has 0 aromatic heterocycles. The Bertz CT molecular complexity index is 381. The second kappa shape index (κ2) is 5.58. The molecule has 4 N–H and O–H groups in total. The average molecular weight is 225 g/mol. The van der Waals surface area contributed by atoms with E-state index in [-0.39, 0.29) is 18.1 Å². The summed E-state index contributed by atoms with van der Waals surface area (Å²) >= 11 is 0. The van der Waals surface area contributed by atoms with Crippen molar-refractivity contribution in [3.63, 3.8) is 0 Å². The van der Waals surface area contributed by atoms with Crippen molar-refractivity contribution in [2.45, 2.75) is 19.4 Å². The molecule has 0 aliphatic rings. The van der Waals surface area contributed by atoms with Crippen LogP contribution >= 0.6 is 0 Å². The summed E-state index contributed by atoms with van der Waals surface area (Å²) in [4.78, 5) is 11.3. The fourth-order valence-corrected chi connectivity index (χ4v) is 1.41. The van der Waals surface area contributed by atoms with Crippen LogP contribution in [0, 0.1) is 12.7 Å². The smallest absolute Gasteiger partial charge is 0.235 e. The van der Waals surface area contributed by atoms with Crippen LogP contribution in [0.15, 0.2) is 18.2 Å². The summed E-state index contributed by atoms with van der Waals surface area (Å²) in [5, 5.41) is 0. The molecular weight excluding hydrogens is 209 g/mol. The fourth-order valence-electron chi connectivity index (χ4n) is 1.41. The molecule has 4 nitrogen and oxygen atoms in total. The number of benzene rings is 1. The zero-order valence-corrected chi connectivity index (χ0v) is 9.38. The third kappa shape index (κ3) is 3.29. The van der Waals surface area contributed by atoms with Gasteiger partial charge in [-0.3, -0.25) is 10.2 Å². The van der Waals surface area contributed by atoms with E-state index in [1.165, 1.54) is 6.07 Å². The molecule has 0 fully saturated rings. The van der Waals surface area contributed by atoms with E-state index in [0.717, 1.165) is 5.56 Å². The van der Waals surface area contributed by atoms with E-state index in [9.17, 15) is 9.18 Å². The number of halogens is 1. The Hall–Kier alpha value is -1.46. The van der Waals surface area contributed by atoms with Crippen LogP contribution in [0.4, 0.5) is 4.39 Å². The molecule has 0 spiro atoms. The topological polar surface area (TPSA) is 67.1 Å². The highest BCUT2D eigenvalue weighted by molar-refractivity contribution is 5.76. The minimum atomic E-state index is -0.423. The Kier molecular flexibility index (Phi) is 4.39. The van der Waals surface area contributed by atoms with Crippen LogP contribution in [0.2, 0.25) is 0 Å². The van der Waals surface area contributed by atoms with E-state index in [0.29, 0.717) is 5.56 Å². The molecule has 0 saturated heterocycles. The molecule has 0 aliphatic heterocycles. The van der Waals surface area contributed by atoms with Gasteiger partial charge in [-0.2, -0.15) is 0 Å². The lowest BCUT2D eigenvalue weighted by molar-refractivity contribution is -0.122. The van der Waals surface area contributed by atoms with Crippen LogP contribution in [0.1, 0.15) is 23.6 Å². The molecule has 88 valence electrons. The lowest BCUT2D eigenvalue weighted by Gasteiger charge is -2.12. The van der Waals surface area contributed by atoms with Crippen molar-refractivity contribution < 1.29 is 9.18 Å². The molecule has 0 heterocycles. The van der Waals surface area contributed by atoms with Crippen molar-refractivity contribution in [1.82, 2.24) is 10.9 Å². The highest BCUT2D eigenvalue weighted by atomic mass is 19.1. The van der Waals surface area contributed by atoms with Gasteiger partial charge in [0.1, 0.15) is 5.82 Å². The number of hydrogen-bond acceptors (Lipinski definition) is 3. The molecule has 0 aliphatic carbocycles. The van der Waals surface area contributed by atoms with Gasteiger partial charge in [0.25, 0.3) is 0 Å². The number of hydrazine groups is 1. The van der Waals surface area contributed by atoms with Crippen molar-refractivity contribution in [2.24, 2.45) is 5.73 Å². The molecule has 0 bridgehead atoms. The second-order valence-electron chi connectivity index (χ2n) is 3.62. The lowest BCUT2D eigenvalue weighted by Crippen LogP contribution is -2.36. The van der Waals surface area contributed by atoms with Gasteiger partial charge in [0, 0.05) is 19.5 Å². The molecule has 1 rings (SSSR count). The third-order valence-electron chi connectivity index (χ3n) is 2.28. The summed E-state index contributed by atoms with van der Waals surface area (Å²) in [7, 11) is 1.60. The summed E-state index contributed by atoms with van der Waals surface area (Å²) < 4.78 is 13.0. The number of nitrogens with one attached hydrogen (secondary N) is 2. The zero-order valence-electron chi connectivity index (χ0n) is 9.38. The van der Waals surface area contributed by atoms with Gasteiger partial charge in [0.05, 0.1) is 0 Å². The van der Waals surface area contributed by atoms with Crippen molar-refractivity contribution in [1.29, 1.82) is 0 Å². The van der Waals surface area contributed by atoms with E-state index in [2.05, 4.69) is 10.9 Å². The first-order chi connectivity index (χ1) is 7.54. The van der Waals surface area contributed by atoms with Crippen LogP contribution in [0.5, 0.6) is 0 Å². The molecule has 16 heavy (non-hydrogen) atoms. The number of hydrogen-bond donors (Lipinski definition) is 3. The lowest BCUT2D eigenvalue weighted by atomic mass is 10.0. The van der Waals surface area contributed by atoms with Crippen LogP contribution in [0.3, 0.4) is 0 Å². The highest BCUT2D eigenvalue weighted by Crippen LogP contribution is 2.17. The predicted octanol–water partition coefficient (Wildman–Crippen LogP) is 0.775. The van der Waals surface area contributed by atoms with Crippen molar-refractivity contribution in [3.05, 3.63) is 35.1 Å². The molecule has 0 radical (unpaired) electrons. The molecule has 1 aromatic carbocycles. The van der Waals surface area contributed by atoms with Gasteiger partial charge in [-0.05, 0) is 24.1 Å². The number of rotatable bonds is 4. The van der Waals surface area contributed by atoms with Crippen molar-refractivity contribution in [2.75, 3.05) is 7.05 Å². The summed E-state index contributed by atoms with van der Waals surface area (Å²) in [5.74, 6) is -0.465. The normalized spacial score (nSPS) is 12.2. The quantitative estimate of drug-likeness (QED) is 0.663. The maximum Gasteiger partial charge on any atom is 0.235 e. The Morgan fingerprint density at radius 1 is 1.56 bits per heavy atom. The zero-order chi connectivity index (χ0) is 12.1. The monoisotopic (exact) mass is 225 g/mol. The number of carbonyl (C=O) groups is 1. The number of nitrogens with two attached hydrogens (primary N) is 1. The van der Waals surface area contributed by atoms with Crippen LogP contribution in [0.25, 0.3) is 0 Å². The first kappa shape index (κ1) is 12.6. The largest absolute Gasteiger partial charge is 0.324 e. The van der Waals surface area contributed by atoms with Gasteiger partial charge in [0.2, 0.25) is 5.91 Å². The number of amides is 1. The molecule has 0 saturated carbocycles. The molecular formula is C11H16FN3O. The molecule has 1 unspecified atom stereocenters. The maximum atomic E-state index is 13.0. The van der Waals surface area contributed by atoms with Crippen molar-refractivity contribution in [3.8, 4) is 0 Å². The van der Waals surface area contributed by atoms with Gasteiger partial charge in [-0.15, -0.1) is 0 Å². The predicted molar refractivity (Wildman–Crippen MR) is 59.9 cm³/mol. The summed E-state index contributed by atoms with van der Waals surface area (Å²) in [5.41, 5.74) is 12.1. The van der Waals surface area contributed by atoms with Crippen LogP contribution in [-0.4, -0.2) is 13.0 Å². The fraction of sp³-hybridized carbons (Fsp3) is 0.364. The van der Waals surface area contributed by atoms with Gasteiger partial charge < -0.3 is 5.73 Å². The van der Waals surface area contributed by atoms with Gasteiger partial charge >= 0.3 is 0 Å². The van der Waals surface area contributed by atoms with E-state index in [1.54, 1.807) is 26.1 Å². The summed E-state index contributed by atoms with van der Waals surface area (Å²) in [6, 6.07) is 4.19. The van der Waals surface area contributed by atoms with Crippen LogP contribution in [-0.2, 0) is 4.79 Å². The molecule has 1 amide bonds. The summed E-state index contributed by atoms with van der Waals surface area (Å²) in [6.45, 7) is 1.67. The second-order valence-corrected chi connectivity index (χ2v) is 3.62. The standard InChI is InChI=1S/C11H16FN3O/c1-7-5-8(3-4-9(7)12)10(13)6-11(16)15-14-2/h3-5,10,14H,6,13H2,1-2H3,(H,15,16). The maximum absolute atomic E-state index is 13.0. The SMILES string of the molecule is CNNC(=O)CC(N)c1ccc(F)c(C)c1. The first-order valence-electron chi connectivity index (χ1n) is 5.01. The van der Waals surface area contributed by atoms with Crippen LogP contribution < -0.4 is 16.6 Å². The van der Waals surface area contributed by atoms with E-state index in [4.69, 9.17) is 5.73 Å². The number of carbonyl (C=O) groups excluding carboxylic acids is 1. The Morgan fingerprint density at radius 2 is 2.25 bits per heavy atom. The Morgan fingerprint density at radius 3 is 2.81 bits per heavy atom. The Labute approximate surface area is 94.0 Å². The van der Waals surface area contributed by atoms with E-state index >= 15 is 0 Å². The van der Waals surface area contributed by atoms with Gasteiger partial charge in [0.15, 0.2) is 0 Å². The van der Waals surface area contributed by atoms with Gasteiger partial charge in [-0.25, -0.2) is 9.82 Å². The Balaban J connectivity index is 2.69. The van der Waals surface area contributed by atoms with Crippen molar-refractivity contribution >= 4 is 5.91 Å². The first-order valence-corrected chi connectivity index (χ1v) is 5.01. The average Bonchev–Trinajstić information content (AvgIpc) is 2.22. The third-order valence-corrected chi connectivity index (χ3v) is 2.28.